The third-order valence-electron chi connectivity index (χ3n) is 3.98. The Morgan fingerprint density at radius 3 is 2.57 bits per heavy atom. The molecule has 0 radical (unpaired) electrons. The lowest BCUT2D eigenvalue weighted by molar-refractivity contribution is -0.137. The highest BCUT2D eigenvalue weighted by Crippen LogP contribution is 2.43. The van der Waals surface area contributed by atoms with Gasteiger partial charge in [0.15, 0.2) is 6.19 Å². The number of aromatic nitrogens is 1. The van der Waals surface area contributed by atoms with E-state index in [0.717, 1.165) is 18.2 Å². The predicted octanol–water partition coefficient (Wildman–Crippen LogP) is 2.73. The van der Waals surface area contributed by atoms with E-state index in [9.17, 15) is 18.4 Å². The van der Waals surface area contributed by atoms with E-state index in [1.165, 1.54) is 0 Å². The third kappa shape index (κ3) is 3.19. The number of pyridine rings is 1. The third-order valence-corrected chi connectivity index (χ3v) is 4.32. The van der Waals surface area contributed by atoms with Crippen LogP contribution in [0, 0.1) is 22.8 Å². The van der Waals surface area contributed by atoms with Crippen molar-refractivity contribution in [1.29, 1.82) is 10.5 Å². The van der Waals surface area contributed by atoms with Gasteiger partial charge in [0.2, 0.25) is 5.96 Å². The van der Waals surface area contributed by atoms with E-state index in [4.69, 9.17) is 28.3 Å². The summed E-state index contributed by atoms with van der Waals surface area (Å²) in [6.07, 6.45) is -2.97. The SMILES string of the molecule is N#CNC1=NC(c2cc(C(F)(F)F)ccc2Cl)c2c(nc(N)c(C#N)c2N)N1. The van der Waals surface area contributed by atoms with Crippen molar-refractivity contribution in [2.75, 3.05) is 16.8 Å². The number of halogens is 4. The molecule has 1 aromatic heterocycles. The summed E-state index contributed by atoms with van der Waals surface area (Å²) in [5.74, 6) is -0.233. The number of alkyl halides is 3. The molecule has 1 atom stereocenters. The first kappa shape index (κ1) is 19.1. The number of fused-ring (bicyclic) bond motifs is 1. The molecular weight excluding hydrogens is 397 g/mol. The molecule has 6 N–H and O–H groups in total. The maximum atomic E-state index is 13.2. The number of nitrogens with two attached hydrogens (primary N) is 2. The van der Waals surface area contributed by atoms with Crippen LogP contribution >= 0.6 is 11.6 Å². The highest BCUT2D eigenvalue weighted by molar-refractivity contribution is 6.31. The number of nitrogens with one attached hydrogen (secondary N) is 2. The van der Waals surface area contributed by atoms with E-state index in [1.54, 1.807) is 12.3 Å². The Morgan fingerprint density at radius 2 is 1.96 bits per heavy atom. The Kier molecular flexibility index (Phi) is 4.63. The van der Waals surface area contributed by atoms with Gasteiger partial charge in [0.05, 0.1) is 11.3 Å². The van der Waals surface area contributed by atoms with Gasteiger partial charge in [-0.05, 0) is 18.2 Å². The van der Waals surface area contributed by atoms with Crippen molar-refractivity contribution in [3.05, 3.63) is 45.5 Å². The van der Waals surface area contributed by atoms with Crippen molar-refractivity contribution in [1.82, 2.24) is 10.3 Å². The first-order valence-corrected chi connectivity index (χ1v) is 7.90. The second-order valence-corrected chi connectivity index (χ2v) is 6.04. The number of benzene rings is 1. The monoisotopic (exact) mass is 406 g/mol. The fraction of sp³-hybridized carbons (Fsp3) is 0.125. The van der Waals surface area contributed by atoms with Crippen LogP contribution < -0.4 is 22.1 Å². The minimum absolute atomic E-state index is 0.0133. The summed E-state index contributed by atoms with van der Waals surface area (Å²) in [6, 6.07) is 3.38. The van der Waals surface area contributed by atoms with Crippen LogP contribution in [0.5, 0.6) is 0 Å². The second kappa shape index (κ2) is 6.79. The number of guanidine groups is 1. The number of anilines is 3. The molecule has 2 heterocycles. The topological polar surface area (TPSA) is 149 Å². The van der Waals surface area contributed by atoms with Crippen molar-refractivity contribution in [3.8, 4) is 12.3 Å². The van der Waals surface area contributed by atoms with Gasteiger partial charge in [-0.2, -0.15) is 23.7 Å². The van der Waals surface area contributed by atoms with E-state index in [-0.39, 0.29) is 45.0 Å². The summed E-state index contributed by atoms with van der Waals surface area (Å²) in [7, 11) is 0. The maximum absolute atomic E-state index is 13.2. The Bertz CT molecular complexity index is 1080. The zero-order chi connectivity index (χ0) is 20.6. The van der Waals surface area contributed by atoms with E-state index in [1.807, 2.05) is 0 Å². The molecule has 142 valence electrons. The van der Waals surface area contributed by atoms with Crippen LogP contribution in [-0.2, 0) is 6.18 Å². The van der Waals surface area contributed by atoms with E-state index >= 15 is 0 Å². The Balaban J connectivity index is 2.30. The molecular formula is C16H10ClF3N8. The standard InChI is InChI=1S/C16H10ClF3N8/c17-9-2-1-6(16(18,19)20)3-7(9)12-10-11(23)8(4-21)13(24)27-14(10)28-15(26-12)25-5-22/h1-3,12H,(H6,23,24,25,26,27,28). The molecule has 0 aliphatic carbocycles. The molecule has 1 aromatic carbocycles. The Labute approximate surface area is 161 Å². The van der Waals surface area contributed by atoms with Crippen LogP contribution in [0.3, 0.4) is 0 Å². The molecule has 0 saturated heterocycles. The Hall–Kier alpha value is -3.70. The average Bonchev–Trinajstić information content (AvgIpc) is 2.61. The van der Waals surface area contributed by atoms with Crippen molar-refractivity contribution in [3.63, 3.8) is 0 Å². The normalized spacial score (nSPS) is 15.5. The largest absolute Gasteiger partial charge is 0.416 e. The first-order valence-electron chi connectivity index (χ1n) is 7.52. The molecule has 0 spiro atoms. The highest BCUT2D eigenvalue weighted by atomic mass is 35.5. The van der Waals surface area contributed by atoms with Gasteiger partial charge in [0, 0.05) is 16.1 Å². The van der Waals surface area contributed by atoms with Gasteiger partial charge < -0.3 is 16.8 Å². The quantitative estimate of drug-likeness (QED) is 0.420. The molecule has 1 unspecified atom stereocenters. The molecule has 12 heteroatoms. The summed E-state index contributed by atoms with van der Waals surface area (Å²) in [5.41, 5.74) is 10.7. The Morgan fingerprint density at radius 1 is 1.25 bits per heavy atom. The van der Waals surface area contributed by atoms with Crippen molar-refractivity contribution in [2.45, 2.75) is 12.2 Å². The van der Waals surface area contributed by atoms with Crippen molar-refractivity contribution < 1.29 is 13.2 Å². The summed E-state index contributed by atoms with van der Waals surface area (Å²) in [5, 5.41) is 23.0. The maximum Gasteiger partial charge on any atom is 0.416 e. The van der Waals surface area contributed by atoms with Crippen LogP contribution in [0.15, 0.2) is 23.2 Å². The first-order chi connectivity index (χ1) is 13.2. The smallest absolute Gasteiger partial charge is 0.397 e. The number of aliphatic imine (C=N–C) groups is 1. The van der Waals surface area contributed by atoms with Crippen molar-refractivity contribution in [2.24, 2.45) is 4.99 Å². The number of hydrogen-bond acceptors (Lipinski definition) is 8. The predicted molar refractivity (Wildman–Crippen MR) is 95.9 cm³/mol. The van der Waals surface area contributed by atoms with Crippen LogP contribution in [0.2, 0.25) is 5.02 Å². The molecule has 2 aromatic rings. The van der Waals surface area contributed by atoms with E-state index < -0.39 is 17.8 Å². The minimum atomic E-state index is -4.62. The fourth-order valence-electron chi connectivity index (χ4n) is 2.74. The molecule has 8 nitrogen and oxygen atoms in total. The average molecular weight is 407 g/mol. The lowest BCUT2D eigenvalue weighted by Gasteiger charge is -2.27. The minimum Gasteiger partial charge on any atom is -0.397 e. The summed E-state index contributed by atoms with van der Waals surface area (Å²) in [4.78, 5) is 8.21. The van der Waals surface area contributed by atoms with Crippen LogP contribution in [-0.4, -0.2) is 10.9 Å². The highest BCUT2D eigenvalue weighted by Gasteiger charge is 2.35. The number of nitrogen functional groups attached to an aromatic ring is 2. The van der Waals surface area contributed by atoms with Gasteiger partial charge in [0.25, 0.3) is 0 Å². The lowest BCUT2D eigenvalue weighted by Crippen LogP contribution is -2.33. The molecule has 1 aliphatic rings. The molecule has 0 saturated carbocycles. The van der Waals surface area contributed by atoms with E-state index in [2.05, 4.69) is 20.6 Å². The van der Waals surface area contributed by atoms with Crippen molar-refractivity contribution >= 4 is 34.9 Å². The summed E-state index contributed by atoms with van der Waals surface area (Å²) in [6.45, 7) is 0. The second-order valence-electron chi connectivity index (χ2n) is 5.64. The number of nitrogens with zero attached hydrogens (tertiary/aromatic N) is 4. The van der Waals surface area contributed by atoms with Crippen LogP contribution in [0.1, 0.15) is 28.3 Å². The molecule has 1 aliphatic heterocycles. The zero-order valence-electron chi connectivity index (χ0n) is 13.8. The van der Waals surface area contributed by atoms with Gasteiger partial charge in [0.1, 0.15) is 29.3 Å². The number of nitriles is 2. The van der Waals surface area contributed by atoms with Crippen LogP contribution in [0.4, 0.5) is 30.5 Å². The van der Waals surface area contributed by atoms with Gasteiger partial charge >= 0.3 is 6.18 Å². The summed E-state index contributed by atoms with van der Waals surface area (Å²) < 4.78 is 39.5. The number of rotatable bonds is 1. The van der Waals surface area contributed by atoms with Gasteiger partial charge in [-0.15, -0.1) is 0 Å². The molecule has 0 bridgehead atoms. The van der Waals surface area contributed by atoms with Crippen LogP contribution in [0.25, 0.3) is 0 Å². The van der Waals surface area contributed by atoms with Gasteiger partial charge in [-0.25, -0.2) is 9.98 Å². The summed E-state index contributed by atoms with van der Waals surface area (Å²) >= 11 is 6.13. The molecule has 0 fully saturated rings. The molecule has 3 rings (SSSR count). The van der Waals surface area contributed by atoms with Gasteiger partial charge in [-0.3, -0.25) is 5.32 Å². The fourth-order valence-corrected chi connectivity index (χ4v) is 2.96. The van der Waals surface area contributed by atoms with Gasteiger partial charge in [-0.1, -0.05) is 11.6 Å². The lowest BCUT2D eigenvalue weighted by atomic mass is 9.94. The van der Waals surface area contributed by atoms with E-state index in [0.29, 0.717) is 0 Å². The molecule has 28 heavy (non-hydrogen) atoms. The zero-order valence-corrected chi connectivity index (χ0v) is 14.5. The molecule has 0 amide bonds. The number of hydrogen-bond donors (Lipinski definition) is 4.